The van der Waals surface area contributed by atoms with Crippen molar-refractivity contribution in [3.8, 4) is 0 Å². The predicted octanol–water partition coefficient (Wildman–Crippen LogP) is 2.41. The van der Waals surface area contributed by atoms with Crippen LogP contribution in [0.25, 0.3) is 0 Å². The van der Waals surface area contributed by atoms with Crippen LogP contribution in [0, 0.1) is 0 Å². The Bertz CT molecular complexity index is 517. The van der Waals surface area contributed by atoms with Gasteiger partial charge in [0.05, 0.1) is 15.1 Å². The summed E-state index contributed by atoms with van der Waals surface area (Å²) >= 11 is 17.2. The molecule has 1 rings (SSSR count). The Morgan fingerprint density at radius 3 is 2.61 bits per heavy atom. The highest BCUT2D eigenvalue weighted by molar-refractivity contribution is 6.48. The average molecular weight is 310 g/mol. The molecule has 0 spiro atoms. The molecule has 0 fully saturated rings. The second-order valence-corrected chi connectivity index (χ2v) is 4.20. The van der Waals surface area contributed by atoms with Gasteiger partial charge in [0.2, 0.25) is 0 Å². The van der Waals surface area contributed by atoms with Gasteiger partial charge in [0.1, 0.15) is 5.69 Å². The molecule has 5 nitrogen and oxygen atoms in total. The maximum atomic E-state index is 11.6. The number of carbonyl (C=O) groups excluding carboxylic acids is 1. The molecule has 0 saturated carbocycles. The van der Waals surface area contributed by atoms with Gasteiger partial charge in [-0.25, -0.2) is 9.78 Å². The summed E-state index contributed by atoms with van der Waals surface area (Å²) in [5, 5.41) is 10.9. The molecular formula is C10H7Cl3N2O3. The largest absolute Gasteiger partial charge is 0.478 e. The van der Waals surface area contributed by atoms with Crippen molar-refractivity contribution in [1.29, 1.82) is 0 Å². The van der Waals surface area contributed by atoms with E-state index in [4.69, 9.17) is 39.9 Å². The summed E-state index contributed by atoms with van der Waals surface area (Å²) in [5.74, 6) is -1.68. The maximum absolute atomic E-state index is 11.6. The molecular weight excluding hydrogens is 302 g/mol. The summed E-state index contributed by atoms with van der Waals surface area (Å²) in [4.78, 5) is 25.6. The van der Waals surface area contributed by atoms with Crippen molar-refractivity contribution in [2.75, 3.05) is 6.54 Å². The molecule has 0 radical (unpaired) electrons. The molecule has 0 saturated heterocycles. The number of halogens is 3. The first kappa shape index (κ1) is 14.8. The van der Waals surface area contributed by atoms with E-state index in [2.05, 4.69) is 10.3 Å². The third kappa shape index (κ3) is 3.87. The predicted molar refractivity (Wildman–Crippen MR) is 68.4 cm³/mol. The lowest BCUT2D eigenvalue weighted by Gasteiger charge is -2.05. The summed E-state index contributed by atoms with van der Waals surface area (Å²) < 4.78 is 0. The number of hydrogen-bond acceptors (Lipinski definition) is 3. The third-order valence-electron chi connectivity index (χ3n) is 1.77. The van der Waals surface area contributed by atoms with Crippen LogP contribution in [0.4, 0.5) is 0 Å². The molecule has 2 N–H and O–H groups in total. The fourth-order valence-corrected chi connectivity index (χ4v) is 1.56. The number of nitrogens with zero attached hydrogens (tertiary/aromatic N) is 1. The van der Waals surface area contributed by atoms with Crippen molar-refractivity contribution >= 4 is 46.7 Å². The number of rotatable bonds is 4. The molecule has 1 amide bonds. The van der Waals surface area contributed by atoms with E-state index in [-0.39, 0.29) is 27.3 Å². The topological polar surface area (TPSA) is 79.3 Å². The molecule has 8 heteroatoms. The van der Waals surface area contributed by atoms with Crippen LogP contribution in [-0.2, 0) is 4.79 Å². The summed E-state index contributed by atoms with van der Waals surface area (Å²) in [7, 11) is 0. The van der Waals surface area contributed by atoms with Gasteiger partial charge < -0.3 is 10.4 Å². The Morgan fingerprint density at radius 2 is 2.00 bits per heavy atom. The van der Waals surface area contributed by atoms with Crippen molar-refractivity contribution in [3.63, 3.8) is 0 Å². The molecule has 0 bridgehead atoms. The minimum Gasteiger partial charge on any atom is -0.478 e. The van der Waals surface area contributed by atoms with Crippen molar-refractivity contribution in [2.24, 2.45) is 0 Å². The van der Waals surface area contributed by atoms with E-state index in [0.29, 0.717) is 0 Å². The van der Waals surface area contributed by atoms with Crippen LogP contribution >= 0.6 is 34.8 Å². The fraction of sp³-hybridized carbons (Fsp3) is 0.100. The molecule has 0 atom stereocenters. The molecule has 18 heavy (non-hydrogen) atoms. The number of hydrogen-bond donors (Lipinski definition) is 2. The van der Waals surface area contributed by atoms with Gasteiger partial charge in [0.15, 0.2) is 0 Å². The molecule has 1 aromatic heterocycles. The van der Waals surface area contributed by atoms with Crippen LogP contribution in [0.1, 0.15) is 10.5 Å². The molecule has 0 unspecified atom stereocenters. The average Bonchev–Trinajstić information content (AvgIpc) is 2.31. The van der Waals surface area contributed by atoms with E-state index in [9.17, 15) is 9.59 Å². The first-order valence-electron chi connectivity index (χ1n) is 4.60. The lowest BCUT2D eigenvalue weighted by molar-refractivity contribution is -0.131. The summed E-state index contributed by atoms with van der Waals surface area (Å²) in [6, 6.07) is 0. The quantitative estimate of drug-likeness (QED) is 0.837. The van der Waals surface area contributed by atoms with Crippen molar-refractivity contribution in [2.45, 2.75) is 0 Å². The molecule has 0 aliphatic carbocycles. The zero-order chi connectivity index (χ0) is 13.7. The number of carbonyl (C=O) groups is 2. The normalized spacial score (nSPS) is 10.6. The second-order valence-electron chi connectivity index (χ2n) is 3.03. The Kier molecular flexibility index (Phi) is 5.40. The molecule has 96 valence electrons. The van der Waals surface area contributed by atoms with Crippen LogP contribution < -0.4 is 5.32 Å². The summed E-state index contributed by atoms with van der Waals surface area (Å²) in [5.41, 5.74) is -0.0743. The maximum Gasteiger partial charge on any atom is 0.328 e. The third-order valence-corrected chi connectivity index (χ3v) is 3.01. The monoisotopic (exact) mass is 308 g/mol. The Labute approximate surface area is 117 Å². The minimum absolute atomic E-state index is 0.0311. The van der Waals surface area contributed by atoms with E-state index < -0.39 is 11.9 Å². The lowest BCUT2D eigenvalue weighted by atomic mass is 10.3. The zero-order valence-electron chi connectivity index (χ0n) is 8.78. The van der Waals surface area contributed by atoms with Gasteiger partial charge in [-0.15, -0.1) is 0 Å². The van der Waals surface area contributed by atoms with Gasteiger partial charge in [-0.2, -0.15) is 0 Å². The number of aliphatic carboxylic acids is 1. The number of carboxylic acids is 1. The molecule has 1 heterocycles. The van der Waals surface area contributed by atoms with E-state index in [0.717, 1.165) is 6.08 Å². The zero-order valence-corrected chi connectivity index (χ0v) is 11.1. The number of carboxylic acid groups (broad SMARTS) is 1. The summed E-state index contributed by atoms with van der Waals surface area (Å²) in [6.45, 7) is 0.0311. The van der Waals surface area contributed by atoms with Crippen LogP contribution in [-0.4, -0.2) is 28.5 Å². The minimum atomic E-state index is -1.10. The number of amides is 1. The summed E-state index contributed by atoms with van der Waals surface area (Å²) in [6.07, 6.45) is 3.38. The molecule has 0 aromatic carbocycles. The smallest absolute Gasteiger partial charge is 0.328 e. The molecule has 0 aliphatic heterocycles. The van der Waals surface area contributed by atoms with Crippen LogP contribution in [0.5, 0.6) is 0 Å². The van der Waals surface area contributed by atoms with Gasteiger partial charge in [-0.3, -0.25) is 4.79 Å². The van der Waals surface area contributed by atoms with E-state index >= 15 is 0 Å². The van der Waals surface area contributed by atoms with Gasteiger partial charge in [0.25, 0.3) is 5.91 Å². The number of aromatic nitrogens is 1. The Hall–Kier alpha value is -1.30. The van der Waals surface area contributed by atoms with Crippen LogP contribution in [0.15, 0.2) is 18.3 Å². The van der Waals surface area contributed by atoms with Crippen molar-refractivity contribution in [1.82, 2.24) is 10.3 Å². The highest BCUT2D eigenvalue weighted by atomic mass is 35.5. The van der Waals surface area contributed by atoms with E-state index in [1.807, 2.05) is 0 Å². The van der Waals surface area contributed by atoms with E-state index in [1.165, 1.54) is 12.3 Å². The number of nitrogens with one attached hydrogen (secondary N) is 1. The van der Waals surface area contributed by atoms with Gasteiger partial charge >= 0.3 is 5.97 Å². The highest BCUT2D eigenvalue weighted by Gasteiger charge is 2.16. The number of pyridine rings is 1. The SMILES string of the molecule is O=C(O)/C=C/CNC(=O)c1ncc(Cl)c(Cl)c1Cl. The first-order chi connectivity index (χ1) is 8.43. The van der Waals surface area contributed by atoms with Crippen LogP contribution in [0.3, 0.4) is 0 Å². The fourth-order valence-electron chi connectivity index (χ4n) is 0.997. The van der Waals surface area contributed by atoms with Gasteiger partial charge in [0, 0.05) is 18.8 Å². The van der Waals surface area contributed by atoms with Gasteiger partial charge in [-0.05, 0) is 0 Å². The Morgan fingerprint density at radius 1 is 1.33 bits per heavy atom. The van der Waals surface area contributed by atoms with Crippen molar-refractivity contribution < 1.29 is 14.7 Å². The standard InChI is InChI=1S/C10H7Cl3N2O3/c11-5-4-15-9(8(13)7(5)12)10(18)14-3-1-2-6(16)17/h1-2,4H,3H2,(H,14,18)(H,16,17)/b2-1+. The first-order valence-corrected chi connectivity index (χ1v) is 5.74. The van der Waals surface area contributed by atoms with Gasteiger partial charge in [-0.1, -0.05) is 40.9 Å². The van der Waals surface area contributed by atoms with E-state index in [1.54, 1.807) is 0 Å². The lowest BCUT2D eigenvalue weighted by Crippen LogP contribution is -2.24. The molecule has 1 aromatic rings. The second kappa shape index (κ2) is 6.58. The highest BCUT2D eigenvalue weighted by Crippen LogP contribution is 2.30. The van der Waals surface area contributed by atoms with Crippen molar-refractivity contribution in [3.05, 3.63) is 39.1 Å². The van der Waals surface area contributed by atoms with Crippen LogP contribution in [0.2, 0.25) is 15.1 Å². The molecule has 0 aliphatic rings. The Balaban J connectivity index is 2.74.